The second kappa shape index (κ2) is 8.78. The highest BCUT2D eigenvalue weighted by atomic mass is 32.2. The molecule has 0 atom stereocenters. The number of aliphatic hydroxyl groups is 1. The molecule has 1 aromatic heterocycles. The number of nitriles is 1. The first-order valence-electron chi connectivity index (χ1n) is 9.03. The lowest BCUT2D eigenvalue weighted by molar-refractivity contribution is 0.474. The molecule has 0 radical (unpaired) electrons. The number of allylic oxidation sites excluding steroid dienone is 1. The summed E-state index contributed by atoms with van der Waals surface area (Å²) in [6, 6.07) is 14.9. The summed E-state index contributed by atoms with van der Waals surface area (Å²) in [6.45, 7) is 7.45. The van der Waals surface area contributed by atoms with E-state index in [1.165, 1.54) is 40.7 Å². The van der Waals surface area contributed by atoms with Crippen molar-refractivity contribution in [3.63, 3.8) is 0 Å². The van der Waals surface area contributed by atoms with Gasteiger partial charge in [-0.05, 0) is 36.4 Å². The number of hydrogen-bond acceptors (Lipinski definition) is 5. The molecule has 30 heavy (non-hydrogen) atoms. The fourth-order valence-electron chi connectivity index (χ4n) is 2.93. The van der Waals surface area contributed by atoms with E-state index < -0.39 is 10.0 Å². The molecule has 2 aromatic carbocycles. The second-order valence-corrected chi connectivity index (χ2v) is 8.30. The van der Waals surface area contributed by atoms with Gasteiger partial charge in [0, 0.05) is 18.7 Å². The molecule has 0 bridgehead atoms. The monoisotopic (exact) mass is 420 g/mol. The molecular weight excluding hydrogens is 400 g/mol. The minimum atomic E-state index is -3.75. The fourth-order valence-corrected chi connectivity index (χ4v) is 4.31. The van der Waals surface area contributed by atoms with Gasteiger partial charge in [0.05, 0.1) is 15.9 Å². The average molecular weight is 420 g/mol. The number of para-hydroxylation sites is 2. The highest BCUT2D eigenvalue weighted by molar-refractivity contribution is 7.89. The molecule has 3 aromatic rings. The van der Waals surface area contributed by atoms with Crippen LogP contribution < -0.4 is 0 Å². The van der Waals surface area contributed by atoms with Gasteiger partial charge in [-0.15, -0.1) is 13.2 Å². The Morgan fingerprint density at radius 3 is 2.33 bits per heavy atom. The Hall–Kier alpha value is -3.67. The molecule has 1 heterocycles. The third kappa shape index (κ3) is 4.03. The zero-order valence-corrected chi connectivity index (χ0v) is 16.9. The van der Waals surface area contributed by atoms with Gasteiger partial charge >= 0.3 is 0 Å². The van der Waals surface area contributed by atoms with Crippen LogP contribution in [0.2, 0.25) is 0 Å². The third-order valence-electron chi connectivity index (χ3n) is 4.41. The summed E-state index contributed by atoms with van der Waals surface area (Å²) in [4.78, 5) is 7.40. The van der Waals surface area contributed by atoms with Crippen LogP contribution in [0.5, 0.6) is 0 Å². The molecule has 8 heteroatoms. The standard InChI is InChI=1S/C22H20N4O3S/c1-3-13-26(14-4-2)30(28,29)17-11-9-16(10-12-17)21(27)18(15-23)22-24-19-7-5-6-8-20(19)25-22/h3-12,27H,1-2,13-14H2,(H,24,25)/b21-18-. The number of nitrogens with zero attached hydrogens (tertiary/aromatic N) is 3. The first kappa shape index (κ1) is 21.0. The van der Waals surface area contributed by atoms with Crippen molar-refractivity contribution < 1.29 is 13.5 Å². The highest BCUT2D eigenvalue weighted by Gasteiger charge is 2.23. The third-order valence-corrected chi connectivity index (χ3v) is 6.25. The van der Waals surface area contributed by atoms with Gasteiger partial charge in [-0.2, -0.15) is 9.57 Å². The molecule has 0 aliphatic heterocycles. The maximum atomic E-state index is 12.8. The molecule has 0 aliphatic rings. The zero-order chi connectivity index (χ0) is 21.7. The lowest BCUT2D eigenvalue weighted by Gasteiger charge is -2.19. The Morgan fingerprint density at radius 1 is 1.13 bits per heavy atom. The molecule has 7 nitrogen and oxygen atoms in total. The van der Waals surface area contributed by atoms with Crippen LogP contribution in [0.4, 0.5) is 0 Å². The van der Waals surface area contributed by atoms with E-state index in [9.17, 15) is 18.8 Å². The topological polar surface area (TPSA) is 110 Å². The van der Waals surface area contributed by atoms with Crippen molar-refractivity contribution in [1.82, 2.24) is 14.3 Å². The van der Waals surface area contributed by atoms with Crippen molar-refractivity contribution >= 4 is 32.4 Å². The van der Waals surface area contributed by atoms with Gasteiger partial charge in [0.15, 0.2) is 5.82 Å². The average Bonchev–Trinajstić information content (AvgIpc) is 3.18. The van der Waals surface area contributed by atoms with Gasteiger partial charge in [-0.3, -0.25) is 0 Å². The van der Waals surface area contributed by atoms with Crippen molar-refractivity contribution in [2.24, 2.45) is 0 Å². The van der Waals surface area contributed by atoms with Gasteiger partial charge in [-0.25, -0.2) is 13.4 Å². The van der Waals surface area contributed by atoms with Crippen molar-refractivity contribution in [3.05, 3.63) is 85.2 Å². The Bertz CT molecular complexity index is 1220. The summed E-state index contributed by atoms with van der Waals surface area (Å²) in [5.74, 6) is -0.0643. The van der Waals surface area contributed by atoms with Crippen molar-refractivity contribution in [1.29, 1.82) is 5.26 Å². The Balaban J connectivity index is 1.98. The number of hydrogen-bond donors (Lipinski definition) is 2. The number of fused-ring (bicyclic) bond motifs is 1. The van der Waals surface area contributed by atoms with Crippen LogP contribution in [0.1, 0.15) is 11.4 Å². The number of aromatic nitrogens is 2. The number of H-pyrrole nitrogens is 1. The van der Waals surface area contributed by atoms with Gasteiger partial charge in [-0.1, -0.05) is 24.3 Å². The Morgan fingerprint density at radius 2 is 1.77 bits per heavy atom. The molecule has 0 aliphatic carbocycles. The summed E-state index contributed by atoms with van der Waals surface area (Å²) in [5.41, 5.74) is 1.66. The lowest BCUT2D eigenvalue weighted by atomic mass is 10.1. The molecule has 0 unspecified atom stereocenters. The number of aliphatic hydroxyl groups excluding tert-OH is 1. The predicted octanol–water partition coefficient (Wildman–Crippen LogP) is 3.88. The molecular formula is C22H20N4O3S. The van der Waals surface area contributed by atoms with Crippen LogP contribution >= 0.6 is 0 Å². The minimum absolute atomic E-state index is 0.0400. The van der Waals surface area contributed by atoms with Gasteiger partial charge < -0.3 is 10.1 Å². The Kier molecular flexibility index (Phi) is 6.16. The molecule has 0 spiro atoms. The minimum Gasteiger partial charge on any atom is -0.506 e. The lowest BCUT2D eigenvalue weighted by Crippen LogP contribution is -2.31. The predicted molar refractivity (Wildman–Crippen MR) is 117 cm³/mol. The quantitative estimate of drug-likeness (QED) is 0.326. The smallest absolute Gasteiger partial charge is 0.243 e. The number of aromatic amines is 1. The molecule has 3 rings (SSSR count). The largest absolute Gasteiger partial charge is 0.506 e. The van der Waals surface area contributed by atoms with E-state index in [0.717, 1.165) is 5.52 Å². The molecule has 0 fully saturated rings. The van der Waals surface area contributed by atoms with Crippen LogP contribution in [-0.4, -0.2) is 40.9 Å². The highest BCUT2D eigenvalue weighted by Crippen LogP contribution is 2.26. The zero-order valence-electron chi connectivity index (χ0n) is 16.1. The molecule has 2 N–H and O–H groups in total. The van der Waals surface area contributed by atoms with Crippen molar-refractivity contribution in [2.45, 2.75) is 4.90 Å². The maximum absolute atomic E-state index is 12.8. The maximum Gasteiger partial charge on any atom is 0.243 e. The van der Waals surface area contributed by atoms with Gasteiger partial charge in [0.25, 0.3) is 0 Å². The van der Waals surface area contributed by atoms with Crippen LogP contribution in [0.25, 0.3) is 22.4 Å². The molecule has 0 amide bonds. The van der Waals surface area contributed by atoms with Crippen molar-refractivity contribution in [3.8, 4) is 6.07 Å². The van der Waals surface area contributed by atoms with E-state index in [0.29, 0.717) is 11.1 Å². The van der Waals surface area contributed by atoms with Crippen LogP contribution in [-0.2, 0) is 10.0 Å². The normalized spacial score (nSPS) is 12.4. The van der Waals surface area contributed by atoms with Crippen LogP contribution in [0.15, 0.2) is 78.7 Å². The first-order chi connectivity index (χ1) is 14.4. The second-order valence-electron chi connectivity index (χ2n) is 6.36. The number of nitrogens with one attached hydrogen (secondary N) is 1. The molecule has 0 saturated heterocycles. The van der Waals surface area contributed by atoms with Gasteiger partial charge in [0.1, 0.15) is 17.4 Å². The summed E-state index contributed by atoms with van der Waals surface area (Å²) < 4.78 is 26.8. The van der Waals surface area contributed by atoms with E-state index in [-0.39, 0.29) is 35.1 Å². The van der Waals surface area contributed by atoms with Crippen LogP contribution in [0, 0.1) is 11.3 Å². The first-order valence-corrected chi connectivity index (χ1v) is 10.5. The summed E-state index contributed by atoms with van der Waals surface area (Å²) in [7, 11) is -3.75. The Labute approximate surface area is 175 Å². The summed E-state index contributed by atoms with van der Waals surface area (Å²) >= 11 is 0. The SMILES string of the molecule is C=CCN(CC=C)S(=O)(=O)c1ccc(/C(O)=C(\C#N)c2nc3ccccc3[nH]2)cc1. The fraction of sp³-hybridized carbons (Fsp3) is 0.0909. The van der Waals surface area contributed by atoms with E-state index in [4.69, 9.17) is 0 Å². The van der Waals surface area contributed by atoms with Crippen LogP contribution in [0.3, 0.4) is 0 Å². The molecule has 0 saturated carbocycles. The van der Waals surface area contributed by atoms with E-state index >= 15 is 0 Å². The number of imidazole rings is 1. The summed E-state index contributed by atoms with van der Waals surface area (Å²) in [5, 5.41) is 20.2. The number of benzene rings is 2. The summed E-state index contributed by atoms with van der Waals surface area (Å²) in [6.07, 6.45) is 2.99. The van der Waals surface area contributed by atoms with E-state index in [1.807, 2.05) is 24.3 Å². The van der Waals surface area contributed by atoms with Gasteiger partial charge in [0.2, 0.25) is 10.0 Å². The van der Waals surface area contributed by atoms with E-state index in [2.05, 4.69) is 23.1 Å². The number of sulfonamides is 1. The van der Waals surface area contributed by atoms with Crippen molar-refractivity contribution in [2.75, 3.05) is 13.1 Å². The van der Waals surface area contributed by atoms with E-state index in [1.54, 1.807) is 6.07 Å². The molecule has 152 valence electrons. The number of rotatable bonds is 8.